The number of hydrogen-bond donors (Lipinski definition) is 2. The van der Waals surface area contributed by atoms with Crippen LogP contribution in [0, 0.1) is 0 Å². The average Bonchev–Trinajstić information content (AvgIpc) is 3.33. The third kappa shape index (κ3) is 5.59. The first kappa shape index (κ1) is 19.9. The van der Waals surface area contributed by atoms with Gasteiger partial charge < -0.3 is 29.2 Å². The Balaban J connectivity index is 1.30. The van der Waals surface area contributed by atoms with Crippen LogP contribution in [0.5, 0.6) is 17.2 Å². The fourth-order valence-electron chi connectivity index (χ4n) is 2.54. The predicted octanol–water partition coefficient (Wildman–Crippen LogP) is 1.80. The normalized spacial score (nSPS) is 13.6. The fraction of sp³-hybridized carbons (Fsp3) is 0.526. The minimum absolute atomic E-state index is 0.0554. The number of ether oxygens (including phenoxy) is 3. The first-order valence-electron chi connectivity index (χ1n) is 9.31. The molecule has 1 aromatic heterocycles. The lowest BCUT2D eigenvalue weighted by molar-refractivity contribution is -0.121. The Labute approximate surface area is 163 Å². The molecule has 1 atom stereocenters. The number of nitrogens with one attached hydrogen (secondary N) is 1. The quantitative estimate of drug-likeness (QED) is 0.630. The molecular weight excluding hydrogens is 366 g/mol. The van der Waals surface area contributed by atoms with Crippen molar-refractivity contribution in [2.75, 3.05) is 19.9 Å². The van der Waals surface area contributed by atoms with Gasteiger partial charge in [-0.3, -0.25) is 4.79 Å². The highest BCUT2D eigenvalue weighted by Gasteiger charge is 2.15. The number of carbonyl (C=O) groups excluding carboxylic acids is 1. The van der Waals surface area contributed by atoms with Crippen molar-refractivity contribution >= 4 is 5.91 Å². The third-order valence-corrected chi connectivity index (χ3v) is 4.12. The van der Waals surface area contributed by atoms with Gasteiger partial charge in [0.05, 0.1) is 0 Å². The molecule has 1 unspecified atom stereocenters. The number of aromatic nitrogens is 2. The van der Waals surface area contributed by atoms with E-state index in [-0.39, 0.29) is 31.8 Å². The maximum atomic E-state index is 11.9. The number of carbonyl (C=O) groups is 1. The van der Waals surface area contributed by atoms with Crippen molar-refractivity contribution in [3.63, 3.8) is 0 Å². The molecule has 152 valence electrons. The zero-order valence-electron chi connectivity index (χ0n) is 16.0. The molecule has 2 N–H and O–H groups in total. The third-order valence-electron chi connectivity index (χ3n) is 4.12. The minimum Gasteiger partial charge on any atom is -0.491 e. The molecule has 2 aromatic rings. The molecular formula is C19H25N3O6. The summed E-state index contributed by atoms with van der Waals surface area (Å²) < 4.78 is 21.2. The number of benzene rings is 1. The lowest BCUT2D eigenvalue weighted by Crippen LogP contribution is -2.35. The molecule has 0 saturated carbocycles. The Kier molecular flexibility index (Phi) is 6.70. The van der Waals surface area contributed by atoms with Gasteiger partial charge in [0, 0.05) is 31.4 Å². The highest BCUT2D eigenvalue weighted by molar-refractivity contribution is 5.75. The summed E-state index contributed by atoms with van der Waals surface area (Å²) in [6.45, 7) is 4.34. The summed E-state index contributed by atoms with van der Waals surface area (Å²) in [5, 5.41) is 16.6. The Morgan fingerprint density at radius 1 is 1.32 bits per heavy atom. The fourth-order valence-corrected chi connectivity index (χ4v) is 2.54. The smallest absolute Gasteiger partial charge is 0.231 e. The van der Waals surface area contributed by atoms with Crippen molar-refractivity contribution in [2.24, 2.45) is 0 Å². The molecule has 0 saturated heterocycles. The van der Waals surface area contributed by atoms with Crippen molar-refractivity contribution in [1.29, 1.82) is 0 Å². The highest BCUT2D eigenvalue weighted by atomic mass is 16.7. The first-order valence-corrected chi connectivity index (χ1v) is 9.31. The molecule has 0 bridgehead atoms. The molecule has 1 aliphatic rings. The standard InChI is InChI=1S/C19H25N3O6/c1-12(2)19-21-18(28-22-19)5-3-4-17(24)20-9-13(23)10-25-14-6-7-15-16(8-14)27-11-26-15/h6-8,12-13,23H,3-5,9-11H2,1-2H3,(H,20,24). The lowest BCUT2D eigenvalue weighted by atomic mass is 10.2. The van der Waals surface area contributed by atoms with Crippen molar-refractivity contribution in [2.45, 2.75) is 45.1 Å². The van der Waals surface area contributed by atoms with E-state index in [1.165, 1.54) is 0 Å². The summed E-state index contributed by atoms with van der Waals surface area (Å²) in [5.41, 5.74) is 0. The molecule has 1 amide bonds. The van der Waals surface area contributed by atoms with Crippen LogP contribution in [0.4, 0.5) is 0 Å². The molecule has 2 heterocycles. The maximum absolute atomic E-state index is 11.9. The van der Waals surface area contributed by atoms with Crippen LogP contribution in [-0.2, 0) is 11.2 Å². The Morgan fingerprint density at radius 2 is 2.14 bits per heavy atom. The summed E-state index contributed by atoms with van der Waals surface area (Å²) in [6, 6.07) is 5.19. The molecule has 1 aromatic carbocycles. The molecule has 0 spiro atoms. The van der Waals surface area contributed by atoms with Gasteiger partial charge in [-0.1, -0.05) is 19.0 Å². The predicted molar refractivity (Wildman–Crippen MR) is 98.4 cm³/mol. The second kappa shape index (κ2) is 9.41. The van der Waals surface area contributed by atoms with Crippen LogP contribution in [0.2, 0.25) is 0 Å². The van der Waals surface area contributed by atoms with E-state index in [1.807, 2.05) is 13.8 Å². The molecule has 1 aliphatic heterocycles. The molecule has 9 nitrogen and oxygen atoms in total. The SMILES string of the molecule is CC(C)c1noc(CCCC(=O)NCC(O)COc2ccc3c(c2)OCO3)n1. The van der Waals surface area contributed by atoms with Gasteiger partial charge in [-0.25, -0.2) is 0 Å². The van der Waals surface area contributed by atoms with Crippen LogP contribution in [0.1, 0.15) is 44.3 Å². The summed E-state index contributed by atoms with van der Waals surface area (Å²) in [5.74, 6) is 3.12. The summed E-state index contributed by atoms with van der Waals surface area (Å²) in [7, 11) is 0. The van der Waals surface area contributed by atoms with Crippen LogP contribution < -0.4 is 19.5 Å². The van der Waals surface area contributed by atoms with Crippen molar-refractivity contribution in [3.8, 4) is 17.2 Å². The summed E-state index contributed by atoms with van der Waals surface area (Å²) in [4.78, 5) is 16.2. The van der Waals surface area contributed by atoms with Crippen LogP contribution in [0.3, 0.4) is 0 Å². The van der Waals surface area contributed by atoms with E-state index in [4.69, 9.17) is 18.7 Å². The Morgan fingerprint density at radius 3 is 2.93 bits per heavy atom. The molecule has 0 fully saturated rings. The van der Waals surface area contributed by atoms with Gasteiger partial charge >= 0.3 is 0 Å². The van der Waals surface area contributed by atoms with Gasteiger partial charge in [0.1, 0.15) is 18.5 Å². The molecule has 0 radical (unpaired) electrons. The molecule has 3 rings (SSSR count). The van der Waals surface area contributed by atoms with Gasteiger partial charge in [-0.05, 0) is 18.6 Å². The summed E-state index contributed by atoms with van der Waals surface area (Å²) in [6.07, 6.45) is 0.631. The molecule has 9 heteroatoms. The van der Waals surface area contributed by atoms with Gasteiger partial charge in [0.25, 0.3) is 0 Å². The number of amides is 1. The van der Waals surface area contributed by atoms with E-state index in [0.29, 0.717) is 48.2 Å². The van der Waals surface area contributed by atoms with Crippen LogP contribution >= 0.6 is 0 Å². The largest absolute Gasteiger partial charge is 0.491 e. The van der Waals surface area contributed by atoms with Crippen LogP contribution in [0.15, 0.2) is 22.7 Å². The van der Waals surface area contributed by atoms with E-state index in [2.05, 4.69) is 15.5 Å². The van der Waals surface area contributed by atoms with E-state index < -0.39 is 6.10 Å². The second-order valence-electron chi connectivity index (χ2n) is 6.84. The first-order chi connectivity index (χ1) is 13.5. The maximum Gasteiger partial charge on any atom is 0.231 e. The van der Waals surface area contributed by atoms with Crippen LogP contribution in [0.25, 0.3) is 0 Å². The van der Waals surface area contributed by atoms with Crippen LogP contribution in [-0.4, -0.2) is 47.2 Å². The Hall–Kier alpha value is -2.81. The van der Waals surface area contributed by atoms with Crippen molar-refractivity contribution in [3.05, 3.63) is 29.9 Å². The number of aliphatic hydroxyl groups excluding tert-OH is 1. The van der Waals surface area contributed by atoms with Crippen molar-refractivity contribution in [1.82, 2.24) is 15.5 Å². The minimum atomic E-state index is -0.820. The zero-order valence-corrected chi connectivity index (χ0v) is 16.0. The van der Waals surface area contributed by atoms with Gasteiger partial charge in [-0.2, -0.15) is 4.98 Å². The lowest BCUT2D eigenvalue weighted by Gasteiger charge is -2.13. The van der Waals surface area contributed by atoms with Gasteiger partial charge in [0.15, 0.2) is 17.3 Å². The molecule has 28 heavy (non-hydrogen) atoms. The highest BCUT2D eigenvalue weighted by Crippen LogP contribution is 2.35. The van der Waals surface area contributed by atoms with Gasteiger partial charge in [0.2, 0.25) is 18.6 Å². The topological polar surface area (TPSA) is 116 Å². The Bertz CT molecular complexity index is 792. The van der Waals surface area contributed by atoms with E-state index >= 15 is 0 Å². The van der Waals surface area contributed by atoms with Crippen molar-refractivity contribution < 1.29 is 28.6 Å². The van der Waals surface area contributed by atoms with E-state index in [0.717, 1.165) is 0 Å². The average molecular weight is 391 g/mol. The van der Waals surface area contributed by atoms with E-state index in [9.17, 15) is 9.90 Å². The zero-order chi connectivity index (χ0) is 19.9. The van der Waals surface area contributed by atoms with Gasteiger partial charge in [-0.15, -0.1) is 0 Å². The number of rotatable bonds is 10. The van der Waals surface area contributed by atoms with E-state index in [1.54, 1.807) is 18.2 Å². The summed E-state index contributed by atoms with van der Waals surface area (Å²) >= 11 is 0. The number of fused-ring (bicyclic) bond motifs is 1. The molecule has 0 aliphatic carbocycles. The number of aliphatic hydroxyl groups is 1. The second-order valence-corrected chi connectivity index (χ2v) is 6.84. The monoisotopic (exact) mass is 391 g/mol. The number of aryl methyl sites for hydroxylation is 1. The number of hydrogen-bond acceptors (Lipinski definition) is 8. The number of nitrogens with zero attached hydrogens (tertiary/aromatic N) is 2.